The number of nitrogens with zero attached hydrogens (tertiary/aromatic N) is 2. The number of hydrogen-bond donors (Lipinski definition) is 2. The second kappa shape index (κ2) is 7.75. The molecule has 142 valence electrons. The lowest BCUT2D eigenvalue weighted by molar-refractivity contribution is -0.133. The van der Waals surface area contributed by atoms with Gasteiger partial charge in [-0.25, -0.2) is 8.42 Å². The van der Waals surface area contributed by atoms with E-state index in [-0.39, 0.29) is 16.6 Å². The van der Waals surface area contributed by atoms with Crippen molar-refractivity contribution < 1.29 is 13.2 Å². The first-order valence-corrected chi connectivity index (χ1v) is 10.6. The Balaban J connectivity index is 1.66. The van der Waals surface area contributed by atoms with Crippen LogP contribution >= 0.6 is 0 Å². The van der Waals surface area contributed by atoms with E-state index in [4.69, 9.17) is 0 Å². The van der Waals surface area contributed by atoms with Gasteiger partial charge in [0.2, 0.25) is 5.91 Å². The van der Waals surface area contributed by atoms with Crippen LogP contribution in [0.25, 0.3) is 0 Å². The molecule has 3 rings (SSSR count). The largest absolute Gasteiger partial charge is 0.341 e. The fraction of sp³-hybridized carbons (Fsp3) is 0.556. The summed E-state index contributed by atoms with van der Waals surface area (Å²) in [7, 11) is -3.58. The van der Waals surface area contributed by atoms with Gasteiger partial charge in [0, 0.05) is 18.7 Å². The number of sulfonamides is 1. The highest BCUT2D eigenvalue weighted by Crippen LogP contribution is 2.23. The molecule has 0 bridgehead atoms. The molecule has 1 saturated heterocycles. The summed E-state index contributed by atoms with van der Waals surface area (Å²) in [6, 6.07) is 6.06. The highest BCUT2D eigenvalue weighted by molar-refractivity contribution is 7.90. The van der Waals surface area contributed by atoms with Crippen LogP contribution in [0, 0.1) is 5.92 Å². The molecule has 1 fully saturated rings. The standard InChI is InChI=1S/C18H26N4O3S/c1-3-19-12-14-8-10-22(11-9-14)18(23)13(2)20-17-15-6-4-5-7-16(15)26(24,25)21-17/h4-7,13-14,19H,3,8-12H2,1-2H3,(H,20,21). The molecule has 2 heterocycles. The van der Waals surface area contributed by atoms with Crippen LogP contribution in [0.4, 0.5) is 0 Å². The van der Waals surface area contributed by atoms with Gasteiger partial charge in [0.15, 0.2) is 0 Å². The topological polar surface area (TPSA) is 90.9 Å². The lowest BCUT2D eigenvalue weighted by Crippen LogP contribution is -2.44. The molecule has 2 N–H and O–H groups in total. The third-order valence-corrected chi connectivity index (χ3v) is 6.35. The molecular weight excluding hydrogens is 352 g/mol. The average molecular weight is 378 g/mol. The summed E-state index contributed by atoms with van der Waals surface area (Å²) in [4.78, 5) is 19.1. The lowest BCUT2D eigenvalue weighted by atomic mass is 9.96. The molecule has 0 saturated carbocycles. The molecule has 8 heteroatoms. The summed E-state index contributed by atoms with van der Waals surface area (Å²) in [6.07, 6.45) is 1.97. The van der Waals surface area contributed by atoms with E-state index >= 15 is 0 Å². The van der Waals surface area contributed by atoms with Gasteiger partial charge in [0.25, 0.3) is 10.0 Å². The monoisotopic (exact) mass is 378 g/mol. The van der Waals surface area contributed by atoms with Crippen LogP contribution in [0.3, 0.4) is 0 Å². The summed E-state index contributed by atoms with van der Waals surface area (Å²) in [5.41, 5.74) is 0.525. The van der Waals surface area contributed by atoms with Crippen LogP contribution in [0.2, 0.25) is 0 Å². The average Bonchev–Trinajstić information content (AvgIpc) is 2.90. The van der Waals surface area contributed by atoms with Crippen LogP contribution in [-0.4, -0.2) is 57.3 Å². The first-order valence-electron chi connectivity index (χ1n) is 9.12. The number of likely N-dealkylation sites (tertiary alicyclic amines) is 1. The zero-order valence-electron chi connectivity index (χ0n) is 15.2. The van der Waals surface area contributed by atoms with Crippen molar-refractivity contribution in [2.45, 2.75) is 37.6 Å². The number of amides is 1. The minimum Gasteiger partial charge on any atom is -0.341 e. The number of carbonyl (C=O) groups excluding carboxylic acids is 1. The summed E-state index contributed by atoms with van der Waals surface area (Å²) in [5.74, 6) is 0.806. The molecule has 2 aliphatic heterocycles. The number of hydrogen-bond acceptors (Lipinski definition) is 5. The first kappa shape index (κ1) is 18.8. The molecule has 1 aromatic carbocycles. The van der Waals surface area contributed by atoms with Crippen molar-refractivity contribution in [3.63, 3.8) is 0 Å². The summed E-state index contributed by atoms with van der Waals surface area (Å²) < 4.78 is 26.7. The minimum absolute atomic E-state index is 0.0528. The number of carbonyl (C=O) groups is 1. The van der Waals surface area contributed by atoms with Gasteiger partial charge >= 0.3 is 0 Å². The van der Waals surface area contributed by atoms with E-state index < -0.39 is 16.1 Å². The predicted molar refractivity (Wildman–Crippen MR) is 101 cm³/mol. The predicted octanol–water partition coefficient (Wildman–Crippen LogP) is 0.962. The maximum Gasteiger partial charge on any atom is 0.263 e. The maximum absolute atomic E-state index is 12.7. The number of amidine groups is 1. The molecule has 7 nitrogen and oxygen atoms in total. The van der Waals surface area contributed by atoms with Crippen LogP contribution in [0.15, 0.2) is 34.2 Å². The number of benzene rings is 1. The van der Waals surface area contributed by atoms with E-state index in [0.717, 1.165) is 39.0 Å². The van der Waals surface area contributed by atoms with Crippen molar-refractivity contribution >= 4 is 21.8 Å². The number of fused-ring (bicyclic) bond motifs is 1. The van der Waals surface area contributed by atoms with Crippen molar-refractivity contribution in [3.8, 4) is 0 Å². The molecule has 2 aliphatic rings. The van der Waals surface area contributed by atoms with Gasteiger partial charge in [-0.3, -0.25) is 14.5 Å². The normalized spacial score (nSPS) is 22.1. The quantitative estimate of drug-likeness (QED) is 0.799. The first-order chi connectivity index (χ1) is 12.4. The highest BCUT2D eigenvalue weighted by atomic mass is 32.2. The highest BCUT2D eigenvalue weighted by Gasteiger charge is 2.32. The Hall–Kier alpha value is -1.93. The van der Waals surface area contributed by atoms with Crippen molar-refractivity contribution in [3.05, 3.63) is 29.8 Å². The van der Waals surface area contributed by atoms with Crippen LogP contribution in [0.5, 0.6) is 0 Å². The SMILES string of the molecule is CCNCC1CCN(C(=O)C(C)N=C2NS(=O)(=O)c3ccccc32)CC1. The minimum atomic E-state index is -3.58. The molecule has 0 radical (unpaired) electrons. The van der Waals surface area contributed by atoms with E-state index in [1.807, 2.05) is 4.90 Å². The van der Waals surface area contributed by atoms with Gasteiger partial charge < -0.3 is 10.2 Å². The van der Waals surface area contributed by atoms with E-state index in [9.17, 15) is 13.2 Å². The van der Waals surface area contributed by atoms with E-state index in [1.54, 1.807) is 31.2 Å². The fourth-order valence-electron chi connectivity index (χ4n) is 3.45. The number of piperidine rings is 1. The van der Waals surface area contributed by atoms with Gasteiger partial charge in [-0.2, -0.15) is 0 Å². The van der Waals surface area contributed by atoms with Gasteiger partial charge in [-0.1, -0.05) is 19.1 Å². The van der Waals surface area contributed by atoms with Crippen molar-refractivity contribution in [1.82, 2.24) is 14.9 Å². The van der Waals surface area contributed by atoms with Crippen LogP contribution in [0.1, 0.15) is 32.3 Å². The molecule has 0 spiro atoms. The van der Waals surface area contributed by atoms with Crippen molar-refractivity contribution in [1.29, 1.82) is 0 Å². The zero-order valence-corrected chi connectivity index (χ0v) is 16.1. The molecule has 1 amide bonds. The third kappa shape index (κ3) is 3.91. The Kier molecular flexibility index (Phi) is 5.62. The number of nitrogens with one attached hydrogen (secondary N) is 2. The molecule has 0 aromatic heterocycles. The second-order valence-corrected chi connectivity index (χ2v) is 8.48. The van der Waals surface area contributed by atoms with Gasteiger partial charge in [-0.15, -0.1) is 0 Å². The van der Waals surface area contributed by atoms with Gasteiger partial charge in [0.1, 0.15) is 11.9 Å². The zero-order chi connectivity index (χ0) is 18.7. The van der Waals surface area contributed by atoms with Crippen LogP contribution in [-0.2, 0) is 14.8 Å². The fourth-order valence-corrected chi connectivity index (χ4v) is 4.69. The van der Waals surface area contributed by atoms with E-state index in [0.29, 0.717) is 11.5 Å². The number of aliphatic imine (C=N–C) groups is 1. The summed E-state index contributed by atoms with van der Waals surface area (Å²) >= 11 is 0. The Labute approximate surface area is 154 Å². The van der Waals surface area contributed by atoms with E-state index in [2.05, 4.69) is 22.0 Å². The van der Waals surface area contributed by atoms with Crippen molar-refractivity contribution in [2.24, 2.45) is 10.9 Å². The third-order valence-electron chi connectivity index (χ3n) is 4.95. The number of rotatable bonds is 5. The molecule has 1 atom stereocenters. The molecule has 26 heavy (non-hydrogen) atoms. The Morgan fingerprint density at radius 2 is 2.04 bits per heavy atom. The Bertz CT molecular complexity index is 798. The molecule has 1 aromatic rings. The molecule has 0 aliphatic carbocycles. The van der Waals surface area contributed by atoms with Crippen LogP contribution < -0.4 is 10.0 Å². The summed E-state index contributed by atoms with van der Waals surface area (Å²) in [6.45, 7) is 7.23. The summed E-state index contributed by atoms with van der Waals surface area (Å²) in [5, 5.41) is 3.36. The molecular formula is C18H26N4O3S. The Morgan fingerprint density at radius 3 is 2.73 bits per heavy atom. The second-order valence-electron chi connectivity index (χ2n) is 6.83. The Morgan fingerprint density at radius 1 is 1.35 bits per heavy atom. The van der Waals surface area contributed by atoms with E-state index in [1.165, 1.54) is 0 Å². The lowest BCUT2D eigenvalue weighted by Gasteiger charge is -2.33. The van der Waals surface area contributed by atoms with Crippen molar-refractivity contribution in [2.75, 3.05) is 26.2 Å². The molecule has 1 unspecified atom stereocenters. The van der Waals surface area contributed by atoms with Gasteiger partial charge in [0.05, 0.1) is 4.90 Å². The van der Waals surface area contributed by atoms with Gasteiger partial charge in [-0.05, 0) is 50.9 Å². The maximum atomic E-state index is 12.7. The smallest absolute Gasteiger partial charge is 0.263 e.